The molecule has 0 saturated carbocycles. The van der Waals surface area contributed by atoms with Crippen LogP contribution in [0, 0.1) is 3.57 Å². The quantitative estimate of drug-likeness (QED) is 0.0693. The second-order valence-electron chi connectivity index (χ2n) is 18.4. The van der Waals surface area contributed by atoms with Gasteiger partial charge in [0.2, 0.25) is 0 Å². The normalized spacial score (nSPS) is 12.2. The number of hydrogen-bond donors (Lipinski definition) is 3. The number of rotatable bonds is 4. The molecule has 0 bridgehead atoms. The molecule has 2 unspecified atom stereocenters. The lowest BCUT2D eigenvalue weighted by Crippen LogP contribution is -2.30. The largest absolute Gasteiger partial charge is 0.522 e. The Morgan fingerprint density at radius 2 is 0.866 bits per heavy atom. The number of alkyl halides is 3. The van der Waals surface area contributed by atoms with Gasteiger partial charge in [-0.25, -0.2) is 0 Å². The van der Waals surface area contributed by atoms with Gasteiger partial charge in [-0.2, -0.15) is 21.6 Å². The summed E-state index contributed by atoms with van der Waals surface area (Å²) in [5.41, 5.74) is -2.85. The zero-order valence-electron chi connectivity index (χ0n) is 43.0. The fourth-order valence-electron chi connectivity index (χ4n) is 9.37. The molecule has 82 heavy (non-hydrogen) atoms. The van der Waals surface area contributed by atoms with E-state index in [1.54, 1.807) is 18.6 Å². The van der Waals surface area contributed by atoms with E-state index in [0.717, 1.165) is 71.1 Å². The lowest BCUT2D eigenvalue weighted by molar-refractivity contribution is -0.0510. The molecule has 7 nitrogen and oxygen atoms in total. The maximum atomic E-state index is 12.4. The van der Waals surface area contributed by atoms with Crippen molar-refractivity contribution in [3.63, 3.8) is 0 Å². The molecule has 0 spiro atoms. The van der Waals surface area contributed by atoms with E-state index < -0.39 is 44.3 Å². The Morgan fingerprint density at radius 1 is 0.463 bits per heavy atom. The lowest BCUT2D eigenvalue weighted by Gasteiger charge is -2.13. The van der Waals surface area contributed by atoms with Crippen molar-refractivity contribution in [1.29, 1.82) is 0 Å². The molecule has 1 heterocycles. The van der Waals surface area contributed by atoms with Crippen LogP contribution in [0.2, 0.25) is 0 Å². The van der Waals surface area contributed by atoms with E-state index in [-0.39, 0.29) is 0 Å². The SMILES string of the molecule is Brc1cc2sc3cc4ccccc4cc3c2c2ccccc12.CS(=O)c1cc2ccccc2cc1-c1ccc(Br)c2ccccc12.CS(=O)c1cc2ccccc2cc1I.O=S(=O)(O)C(F)(F)F.OB(O)c1ccc(Br)c2ccccc12. The van der Waals surface area contributed by atoms with Gasteiger partial charge in [-0.3, -0.25) is 13.0 Å². The average molecular weight is 1480 g/mol. The van der Waals surface area contributed by atoms with Crippen LogP contribution in [-0.2, 0) is 31.7 Å². The highest BCUT2D eigenvalue weighted by molar-refractivity contribution is 14.1. The molecular formula is C63H44BBr3F3IO7S4. The minimum atomic E-state index is -5.84. The van der Waals surface area contributed by atoms with Crippen molar-refractivity contribution in [3.05, 3.63) is 229 Å². The molecule has 0 aliphatic carbocycles. The van der Waals surface area contributed by atoms with E-state index in [4.69, 9.17) is 23.0 Å². The molecule has 13 rings (SSSR count). The second kappa shape index (κ2) is 26.2. The minimum Gasteiger partial charge on any atom is -0.423 e. The predicted molar refractivity (Wildman–Crippen MR) is 357 cm³/mol. The fraction of sp³-hybridized carbons (Fsp3) is 0.0476. The van der Waals surface area contributed by atoms with E-state index in [2.05, 4.69) is 198 Å². The van der Waals surface area contributed by atoms with Crippen molar-refractivity contribution in [2.75, 3.05) is 12.5 Å². The first-order valence-corrected chi connectivity index (χ1v) is 33.5. The predicted octanol–water partition coefficient (Wildman–Crippen LogP) is 18.1. The zero-order chi connectivity index (χ0) is 58.6. The topological polar surface area (TPSA) is 129 Å². The second-order valence-corrected chi connectivity index (χ2v) is 27.3. The molecule has 0 radical (unpaired) electrons. The molecule has 3 N–H and O–H groups in total. The first-order chi connectivity index (χ1) is 39.1. The van der Waals surface area contributed by atoms with Crippen LogP contribution in [0.1, 0.15) is 0 Å². The Labute approximate surface area is 518 Å². The maximum absolute atomic E-state index is 12.4. The van der Waals surface area contributed by atoms with Gasteiger partial charge in [0.05, 0.1) is 26.5 Å². The highest BCUT2D eigenvalue weighted by atomic mass is 127. The fourth-order valence-corrected chi connectivity index (χ4v) is 15.1. The molecule has 2 atom stereocenters. The van der Waals surface area contributed by atoms with E-state index in [1.165, 1.54) is 51.6 Å². The van der Waals surface area contributed by atoms with Crippen molar-refractivity contribution in [3.8, 4) is 11.1 Å². The molecule has 0 saturated heterocycles. The van der Waals surface area contributed by atoms with Gasteiger partial charge in [-0.1, -0.05) is 206 Å². The van der Waals surface area contributed by atoms with Crippen LogP contribution in [-0.4, -0.2) is 56.6 Å². The summed E-state index contributed by atoms with van der Waals surface area (Å²) < 4.78 is 88.3. The summed E-state index contributed by atoms with van der Waals surface area (Å²) in [5.74, 6) is 0. The van der Waals surface area contributed by atoms with E-state index in [9.17, 15) is 21.6 Å². The molecule has 0 aliphatic rings. The van der Waals surface area contributed by atoms with Gasteiger partial charge in [0, 0.05) is 54.6 Å². The molecule has 0 amide bonds. The molecule has 0 aliphatic heterocycles. The van der Waals surface area contributed by atoms with E-state index >= 15 is 0 Å². The maximum Gasteiger partial charge on any atom is 0.522 e. The van der Waals surface area contributed by atoms with Crippen LogP contribution < -0.4 is 5.46 Å². The van der Waals surface area contributed by atoms with Crippen LogP contribution >= 0.6 is 81.7 Å². The molecule has 1 aromatic heterocycles. The third-order valence-corrected chi connectivity index (χ3v) is 20.1. The molecule has 12 aromatic carbocycles. The summed E-state index contributed by atoms with van der Waals surface area (Å²) >= 11 is 14.9. The molecule has 19 heteroatoms. The third kappa shape index (κ3) is 13.7. The highest BCUT2D eigenvalue weighted by Gasteiger charge is 2.44. The average Bonchev–Trinajstić information content (AvgIpc) is 3.97. The van der Waals surface area contributed by atoms with Crippen LogP contribution in [0.15, 0.2) is 236 Å². The zero-order valence-corrected chi connectivity index (χ0v) is 53.2. The monoisotopic (exact) mass is 1470 g/mol. The lowest BCUT2D eigenvalue weighted by atomic mass is 9.77. The molecule has 0 fully saturated rings. The van der Waals surface area contributed by atoms with Gasteiger partial charge in [-0.05, 0) is 158 Å². The van der Waals surface area contributed by atoms with E-state index in [1.807, 2.05) is 90.2 Å². The van der Waals surface area contributed by atoms with Crippen molar-refractivity contribution in [2.24, 2.45) is 0 Å². The van der Waals surface area contributed by atoms with E-state index in [0.29, 0.717) is 5.46 Å². The van der Waals surface area contributed by atoms with Gasteiger partial charge in [-0.15, -0.1) is 11.3 Å². The number of benzene rings is 12. The van der Waals surface area contributed by atoms with Gasteiger partial charge in [0.25, 0.3) is 0 Å². The summed E-state index contributed by atoms with van der Waals surface area (Å²) in [7, 11) is -9.22. The molecule has 414 valence electrons. The summed E-state index contributed by atoms with van der Waals surface area (Å²) in [5, 5.41) is 35.1. The first-order valence-electron chi connectivity index (χ1n) is 24.6. The van der Waals surface area contributed by atoms with Gasteiger partial charge >= 0.3 is 22.7 Å². The number of halogens is 7. The van der Waals surface area contributed by atoms with Gasteiger partial charge in [0.15, 0.2) is 0 Å². The van der Waals surface area contributed by atoms with Crippen molar-refractivity contribution < 1.29 is 44.6 Å². The molecule has 13 aromatic rings. The Kier molecular flexibility index (Phi) is 19.6. The van der Waals surface area contributed by atoms with Crippen molar-refractivity contribution >= 4 is 211 Å². The first kappa shape index (κ1) is 61.1. The van der Waals surface area contributed by atoms with Gasteiger partial charge in [0.1, 0.15) is 0 Å². The Bertz CT molecular complexity index is 4740. The van der Waals surface area contributed by atoms with Crippen LogP contribution in [0.25, 0.3) is 95.9 Å². The highest BCUT2D eigenvalue weighted by Crippen LogP contribution is 2.43. The summed E-state index contributed by atoms with van der Waals surface area (Å²) in [6.07, 6.45) is 3.46. The Hall–Kier alpha value is -5.43. The smallest absolute Gasteiger partial charge is 0.423 e. The molecular weight excluding hydrogens is 1430 g/mol. The minimum absolute atomic E-state index is 0.531. The Balaban J connectivity index is 0.000000129. The van der Waals surface area contributed by atoms with Crippen molar-refractivity contribution in [1.82, 2.24) is 0 Å². The Morgan fingerprint density at radius 3 is 1.38 bits per heavy atom. The van der Waals surface area contributed by atoms with Crippen LogP contribution in [0.4, 0.5) is 13.2 Å². The summed E-state index contributed by atoms with van der Waals surface area (Å²) in [6.45, 7) is 0. The third-order valence-electron chi connectivity index (χ3n) is 13.2. The standard InChI is InChI=1S/C21H15BrOS.C20H11BrS.C11H9IOS.C10H8BBrO2.CHF3O3S/c1-24(23)21-13-15-7-3-2-6-14(15)12-19(21)17-10-11-20(22)18-9-5-4-8-16(17)18;21-17-11-19-20(15-8-4-3-7-14(15)17)16-9-12-5-1-2-6-13(12)10-18(16)22-19;1-14(13)11-7-9-5-3-2-4-8(9)6-10(11)12;12-10-6-5-9(11(13)14)7-3-1-2-4-8(7)10;2-1(3,4)8(5,6)7/h2-13H,1H3;1-11H;2-7H,1H3;1-6,13-14H;(H,5,6,7). The summed E-state index contributed by atoms with van der Waals surface area (Å²) in [6, 6.07) is 72.4. The number of fused-ring (bicyclic) bond motifs is 10. The number of thiophene rings is 1. The number of hydrogen-bond acceptors (Lipinski definition) is 7. The van der Waals surface area contributed by atoms with Gasteiger partial charge < -0.3 is 10.0 Å². The van der Waals surface area contributed by atoms with Crippen molar-refractivity contribution in [2.45, 2.75) is 15.3 Å². The van der Waals surface area contributed by atoms with Crippen LogP contribution in [0.5, 0.6) is 0 Å². The summed E-state index contributed by atoms with van der Waals surface area (Å²) in [4.78, 5) is 1.80. The van der Waals surface area contributed by atoms with Crippen LogP contribution in [0.3, 0.4) is 0 Å².